The van der Waals surface area contributed by atoms with Crippen molar-refractivity contribution in [2.75, 3.05) is 32.5 Å². The van der Waals surface area contributed by atoms with E-state index in [9.17, 15) is 4.79 Å². The molecule has 7 heteroatoms. The van der Waals surface area contributed by atoms with E-state index in [4.69, 9.17) is 5.11 Å². The number of aromatic nitrogens is 3. The highest BCUT2D eigenvalue weighted by molar-refractivity contribution is 5.94. The highest BCUT2D eigenvalue weighted by Crippen LogP contribution is 2.13. The molecule has 2 rings (SSSR count). The smallest absolute Gasteiger partial charge is 0.341 e. The van der Waals surface area contributed by atoms with Gasteiger partial charge in [-0.05, 0) is 20.2 Å². The Balaban J connectivity index is 2.26. The lowest BCUT2D eigenvalue weighted by atomic mass is 10.3. The number of nitrogens with zero attached hydrogens (tertiary/aromatic N) is 4. The van der Waals surface area contributed by atoms with E-state index >= 15 is 0 Å². The zero-order valence-corrected chi connectivity index (χ0v) is 10.3. The maximum absolute atomic E-state index is 11.0. The van der Waals surface area contributed by atoms with Crippen molar-refractivity contribution in [1.82, 2.24) is 19.5 Å². The minimum atomic E-state index is -1.03. The van der Waals surface area contributed by atoms with Crippen LogP contribution in [0.15, 0.2) is 18.5 Å². The van der Waals surface area contributed by atoms with Crippen LogP contribution in [0.4, 0.5) is 5.82 Å². The van der Waals surface area contributed by atoms with Crippen LogP contribution in [0.1, 0.15) is 10.4 Å². The van der Waals surface area contributed by atoms with Crippen molar-refractivity contribution in [2.24, 2.45) is 0 Å². The molecule has 0 amide bonds. The summed E-state index contributed by atoms with van der Waals surface area (Å²) in [7, 11) is 3.97. The largest absolute Gasteiger partial charge is 0.477 e. The van der Waals surface area contributed by atoms with Crippen molar-refractivity contribution < 1.29 is 9.90 Å². The van der Waals surface area contributed by atoms with Crippen LogP contribution in [0.25, 0.3) is 5.65 Å². The van der Waals surface area contributed by atoms with Gasteiger partial charge in [0, 0.05) is 19.3 Å². The van der Waals surface area contributed by atoms with Crippen LogP contribution < -0.4 is 5.32 Å². The Bertz CT molecular complexity index is 564. The Morgan fingerprint density at radius 1 is 1.56 bits per heavy atom. The van der Waals surface area contributed by atoms with Gasteiger partial charge in [0.05, 0.1) is 6.20 Å². The van der Waals surface area contributed by atoms with Gasteiger partial charge < -0.3 is 15.3 Å². The fourth-order valence-electron chi connectivity index (χ4n) is 1.58. The first-order valence-electron chi connectivity index (χ1n) is 5.54. The van der Waals surface area contributed by atoms with Crippen molar-refractivity contribution in [3.8, 4) is 0 Å². The summed E-state index contributed by atoms with van der Waals surface area (Å²) in [4.78, 5) is 17.1. The van der Waals surface area contributed by atoms with Gasteiger partial charge in [0.2, 0.25) is 0 Å². The lowest BCUT2D eigenvalue weighted by Crippen LogP contribution is -2.21. The third-order valence-electron chi connectivity index (χ3n) is 2.50. The number of carbonyl (C=O) groups is 1. The molecule has 0 aromatic carbocycles. The molecule has 0 radical (unpaired) electrons. The Labute approximate surface area is 104 Å². The van der Waals surface area contributed by atoms with Crippen LogP contribution >= 0.6 is 0 Å². The summed E-state index contributed by atoms with van der Waals surface area (Å²) in [6, 6.07) is 1.77. The molecule has 2 heterocycles. The van der Waals surface area contributed by atoms with Crippen LogP contribution in [-0.4, -0.2) is 57.8 Å². The van der Waals surface area contributed by atoms with E-state index in [0.29, 0.717) is 5.65 Å². The molecule has 0 fully saturated rings. The first kappa shape index (κ1) is 12.3. The van der Waals surface area contributed by atoms with E-state index in [1.165, 1.54) is 10.7 Å². The first-order chi connectivity index (χ1) is 8.59. The molecule has 18 heavy (non-hydrogen) atoms. The molecule has 0 unspecified atom stereocenters. The topological polar surface area (TPSA) is 82.8 Å². The van der Waals surface area contributed by atoms with E-state index in [1.54, 1.807) is 12.3 Å². The highest BCUT2D eigenvalue weighted by Gasteiger charge is 2.13. The third kappa shape index (κ3) is 2.40. The fourth-order valence-corrected chi connectivity index (χ4v) is 1.58. The number of hydrogen-bond donors (Lipinski definition) is 2. The lowest BCUT2D eigenvalue weighted by molar-refractivity contribution is 0.0699. The van der Waals surface area contributed by atoms with Gasteiger partial charge in [-0.1, -0.05) is 0 Å². The molecule has 2 N–H and O–H groups in total. The molecule has 0 saturated heterocycles. The van der Waals surface area contributed by atoms with Gasteiger partial charge in [0.15, 0.2) is 5.65 Å². The predicted octanol–water partition coefficient (Wildman–Crippen LogP) is 0.401. The number of anilines is 1. The number of carboxylic acids is 1. The van der Waals surface area contributed by atoms with Gasteiger partial charge in [0.1, 0.15) is 11.4 Å². The maximum Gasteiger partial charge on any atom is 0.341 e. The Hall–Kier alpha value is -2.15. The molecule has 7 nitrogen and oxygen atoms in total. The van der Waals surface area contributed by atoms with E-state index < -0.39 is 5.97 Å². The van der Waals surface area contributed by atoms with Gasteiger partial charge >= 0.3 is 5.97 Å². The monoisotopic (exact) mass is 249 g/mol. The molecule has 0 saturated carbocycles. The molecule has 0 aliphatic rings. The van der Waals surface area contributed by atoms with Crippen molar-refractivity contribution in [1.29, 1.82) is 0 Å². The Kier molecular flexibility index (Phi) is 3.42. The van der Waals surface area contributed by atoms with E-state index in [0.717, 1.165) is 18.9 Å². The summed E-state index contributed by atoms with van der Waals surface area (Å²) in [6.07, 6.45) is 2.88. The number of likely N-dealkylation sites (N-methyl/N-ethyl adjacent to an activating group) is 1. The van der Waals surface area contributed by atoms with Crippen LogP contribution in [0, 0.1) is 0 Å². The van der Waals surface area contributed by atoms with Crippen molar-refractivity contribution >= 4 is 17.4 Å². The van der Waals surface area contributed by atoms with Gasteiger partial charge in [-0.2, -0.15) is 9.61 Å². The standard InChI is InChI=1S/C11H15N5O2/c1-15(2)6-5-12-9-3-4-13-10-8(11(17)18)7-14-16(9)10/h3-4,7,12H,5-6H2,1-2H3,(H,17,18). The van der Waals surface area contributed by atoms with Crippen molar-refractivity contribution in [3.05, 3.63) is 24.0 Å². The Morgan fingerprint density at radius 3 is 3.00 bits per heavy atom. The SMILES string of the molecule is CN(C)CCNc1ccnc2c(C(=O)O)cnn12. The van der Waals surface area contributed by atoms with E-state index in [2.05, 4.69) is 20.3 Å². The molecule has 0 atom stereocenters. The van der Waals surface area contributed by atoms with E-state index in [1.807, 2.05) is 14.1 Å². The molecule has 2 aromatic rings. The molecular formula is C11H15N5O2. The van der Waals surface area contributed by atoms with Crippen LogP contribution in [0.3, 0.4) is 0 Å². The number of rotatable bonds is 5. The molecular weight excluding hydrogens is 234 g/mol. The molecule has 0 bridgehead atoms. The van der Waals surface area contributed by atoms with Crippen LogP contribution in [0.5, 0.6) is 0 Å². The minimum Gasteiger partial charge on any atom is -0.477 e. The predicted molar refractivity (Wildman–Crippen MR) is 67.0 cm³/mol. The average Bonchev–Trinajstić information content (AvgIpc) is 2.73. The fraction of sp³-hybridized carbons (Fsp3) is 0.364. The summed E-state index contributed by atoms with van der Waals surface area (Å²) in [6.45, 7) is 1.62. The van der Waals surface area contributed by atoms with Crippen molar-refractivity contribution in [3.63, 3.8) is 0 Å². The minimum absolute atomic E-state index is 0.103. The molecule has 96 valence electrons. The molecule has 0 aliphatic carbocycles. The van der Waals surface area contributed by atoms with Crippen LogP contribution in [0.2, 0.25) is 0 Å². The quantitative estimate of drug-likeness (QED) is 0.798. The summed E-state index contributed by atoms with van der Waals surface area (Å²) < 4.78 is 1.50. The van der Waals surface area contributed by atoms with Gasteiger partial charge in [-0.3, -0.25) is 0 Å². The van der Waals surface area contributed by atoms with Crippen molar-refractivity contribution in [2.45, 2.75) is 0 Å². The van der Waals surface area contributed by atoms with Crippen LogP contribution in [-0.2, 0) is 0 Å². The lowest BCUT2D eigenvalue weighted by Gasteiger charge is -2.11. The molecule has 0 aliphatic heterocycles. The zero-order chi connectivity index (χ0) is 13.1. The maximum atomic E-state index is 11.0. The number of fused-ring (bicyclic) bond motifs is 1. The Morgan fingerprint density at radius 2 is 2.33 bits per heavy atom. The summed E-state index contributed by atoms with van der Waals surface area (Å²) >= 11 is 0. The number of carboxylic acid groups (broad SMARTS) is 1. The second kappa shape index (κ2) is 5.01. The number of hydrogen-bond acceptors (Lipinski definition) is 5. The second-order valence-corrected chi connectivity index (χ2v) is 4.16. The average molecular weight is 249 g/mol. The highest BCUT2D eigenvalue weighted by atomic mass is 16.4. The molecule has 2 aromatic heterocycles. The second-order valence-electron chi connectivity index (χ2n) is 4.16. The number of nitrogens with one attached hydrogen (secondary N) is 1. The first-order valence-corrected chi connectivity index (χ1v) is 5.54. The summed E-state index contributed by atoms with van der Waals surface area (Å²) in [5.41, 5.74) is 0.448. The van der Waals surface area contributed by atoms with Gasteiger partial charge in [-0.15, -0.1) is 0 Å². The van der Waals surface area contributed by atoms with E-state index in [-0.39, 0.29) is 5.56 Å². The summed E-state index contributed by atoms with van der Waals surface area (Å²) in [5, 5.41) is 16.2. The van der Waals surface area contributed by atoms with Gasteiger partial charge in [0.25, 0.3) is 0 Å². The summed E-state index contributed by atoms with van der Waals surface area (Å²) in [5.74, 6) is -0.294. The molecule has 0 spiro atoms. The third-order valence-corrected chi connectivity index (χ3v) is 2.50. The zero-order valence-electron chi connectivity index (χ0n) is 10.3. The normalized spacial score (nSPS) is 11.1. The van der Waals surface area contributed by atoms with Gasteiger partial charge in [-0.25, -0.2) is 9.78 Å². The number of aromatic carboxylic acids is 1.